The van der Waals surface area contributed by atoms with Gasteiger partial charge in [-0.15, -0.1) is 0 Å². The van der Waals surface area contributed by atoms with Gasteiger partial charge in [0.2, 0.25) is 0 Å². The molecule has 0 radical (unpaired) electrons. The summed E-state index contributed by atoms with van der Waals surface area (Å²) in [7, 11) is -5.35. The number of hydrogen-bond donors (Lipinski definition) is 0. The largest absolute Gasteiger partial charge is 0.416 e. The van der Waals surface area contributed by atoms with Gasteiger partial charge in [-0.05, 0) is 36.3 Å². The van der Waals surface area contributed by atoms with E-state index in [-0.39, 0.29) is 22.3 Å². The van der Waals surface area contributed by atoms with Crippen molar-refractivity contribution in [3.63, 3.8) is 0 Å². The molecule has 1 aromatic rings. The van der Waals surface area contributed by atoms with Crippen LogP contribution in [0.2, 0.25) is 18.1 Å². The molecular weight excluding hydrogens is 302 g/mol. The lowest BCUT2D eigenvalue weighted by Crippen LogP contribution is -2.41. The van der Waals surface area contributed by atoms with Gasteiger partial charge in [-0.1, -0.05) is 26.8 Å². The molecule has 0 bridgehead atoms. The molecule has 116 valence electrons. The van der Waals surface area contributed by atoms with E-state index in [1.165, 1.54) is 12.1 Å². The first-order valence-electron chi connectivity index (χ1n) is 6.86. The third kappa shape index (κ3) is 4.66. The van der Waals surface area contributed by atoms with Crippen molar-refractivity contribution < 1.29 is 12.8 Å². The van der Waals surface area contributed by atoms with Crippen molar-refractivity contribution in [3.8, 4) is 6.07 Å². The summed E-state index contributed by atoms with van der Waals surface area (Å²) in [6.45, 7) is 10.7. The van der Waals surface area contributed by atoms with Crippen molar-refractivity contribution in [2.45, 2.75) is 43.8 Å². The van der Waals surface area contributed by atoms with Crippen molar-refractivity contribution >= 4 is 18.2 Å². The first-order valence-corrected chi connectivity index (χ1v) is 11.4. The van der Waals surface area contributed by atoms with Crippen molar-refractivity contribution in [2.24, 2.45) is 0 Å². The van der Waals surface area contributed by atoms with Crippen LogP contribution in [-0.4, -0.2) is 29.1 Å². The number of benzene rings is 1. The zero-order chi connectivity index (χ0) is 16.3. The van der Waals surface area contributed by atoms with Gasteiger partial charge in [0.05, 0.1) is 22.3 Å². The van der Waals surface area contributed by atoms with Crippen molar-refractivity contribution in [1.29, 1.82) is 5.26 Å². The van der Waals surface area contributed by atoms with Crippen molar-refractivity contribution in [1.82, 2.24) is 0 Å². The van der Waals surface area contributed by atoms with E-state index in [1.54, 1.807) is 12.1 Å². The molecule has 21 heavy (non-hydrogen) atoms. The van der Waals surface area contributed by atoms with Crippen LogP contribution >= 0.6 is 0 Å². The Balaban J connectivity index is 2.77. The Bertz CT molecular complexity index is 640. The van der Waals surface area contributed by atoms with Crippen LogP contribution in [0.5, 0.6) is 0 Å². The molecule has 0 saturated carbocycles. The SMILES string of the molecule is CC(C)(C)[Si](C)(C)OCCS(=O)(=O)c1cccc(C#N)c1. The Labute approximate surface area is 128 Å². The van der Waals surface area contributed by atoms with E-state index in [0.29, 0.717) is 5.56 Å². The lowest BCUT2D eigenvalue weighted by Gasteiger charge is -2.36. The van der Waals surface area contributed by atoms with Gasteiger partial charge in [-0.3, -0.25) is 0 Å². The molecule has 0 amide bonds. The maximum Gasteiger partial charge on any atom is 0.192 e. The molecular formula is C15H23NO3SSi. The summed E-state index contributed by atoms with van der Waals surface area (Å²) in [6.07, 6.45) is 0. The normalized spacial score (nSPS) is 13.0. The highest BCUT2D eigenvalue weighted by atomic mass is 32.2. The molecule has 0 unspecified atom stereocenters. The summed E-state index contributed by atoms with van der Waals surface area (Å²) in [4.78, 5) is 0.181. The average Bonchev–Trinajstić information content (AvgIpc) is 2.37. The molecule has 0 aliphatic heterocycles. The van der Waals surface area contributed by atoms with Gasteiger partial charge < -0.3 is 4.43 Å². The van der Waals surface area contributed by atoms with E-state index >= 15 is 0 Å². The Morgan fingerprint density at radius 3 is 2.43 bits per heavy atom. The Morgan fingerprint density at radius 2 is 1.90 bits per heavy atom. The van der Waals surface area contributed by atoms with Gasteiger partial charge >= 0.3 is 0 Å². The summed E-state index contributed by atoms with van der Waals surface area (Å²) in [5.74, 6) is -0.0611. The molecule has 1 rings (SSSR count). The number of nitriles is 1. The van der Waals surface area contributed by atoms with Crippen LogP contribution in [0.4, 0.5) is 0 Å². The van der Waals surface area contributed by atoms with Crippen LogP contribution in [0.3, 0.4) is 0 Å². The Kier molecular flexibility index (Phi) is 5.37. The maximum atomic E-state index is 12.3. The highest BCUT2D eigenvalue weighted by Gasteiger charge is 2.37. The van der Waals surface area contributed by atoms with E-state index in [0.717, 1.165) is 0 Å². The van der Waals surface area contributed by atoms with Gasteiger partial charge in [-0.25, -0.2) is 8.42 Å². The smallest absolute Gasteiger partial charge is 0.192 e. The van der Waals surface area contributed by atoms with Gasteiger partial charge in [-0.2, -0.15) is 5.26 Å². The second kappa shape index (κ2) is 6.30. The Morgan fingerprint density at radius 1 is 1.29 bits per heavy atom. The number of rotatable bonds is 5. The summed E-state index contributed by atoms with van der Waals surface area (Å²) < 4.78 is 30.4. The second-order valence-electron chi connectivity index (χ2n) is 6.57. The third-order valence-electron chi connectivity index (χ3n) is 3.94. The van der Waals surface area contributed by atoms with E-state index in [9.17, 15) is 8.42 Å². The molecule has 0 aliphatic rings. The molecule has 0 atom stereocenters. The molecule has 0 saturated heterocycles. The molecule has 0 N–H and O–H groups in total. The Hall–Kier alpha value is -1.16. The minimum Gasteiger partial charge on any atom is -0.416 e. The number of hydrogen-bond acceptors (Lipinski definition) is 4. The highest BCUT2D eigenvalue weighted by molar-refractivity contribution is 7.91. The first kappa shape index (κ1) is 17.9. The van der Waals surface area contributed by atoms with Gasteiger partial charge in [0.15, 0.2) is 18.2 Å². The molecule has 0 fully saturated rings. The van der Waals surface area contributed by atoms with Crippen molar-refractivity contribution in [2.75, 3.05) is 12.4 Å². The minimum atomic E-state index is -3.41. The van der Waals surface area contributed by atoms with Crippen molar-refractivity contribution in [3.05, 3.63) is 29.8 Å². The lowest BCUT2D eigenvalue weighted by molar-refractivity contribution is 0.309. The zero-order valence-electron chi connectivity index (χ0n) is 13.3. The predicted octanol–water partition coefficient (Wildman–Crippen LogP) is 3.35. The fraction of sp³-hybridized carbons (Fsp3) is 0.533. The first-order chi connectivity index (χ1) is 9.49. The monoisotopic (exact) mass is 325 g/mol. The molecule has 4 nitrogen and oxygen atoms in total. The van der Waals surface area contributed by atoms with Crippen LogP contribution in [0.1, 0.15) is 26.3 Å². The summed E-state index contributed by atoms with van der Waals surface area (Å²) in [5, 5.41) is 8.89. The lowest BCUT2D eigenvalue weighted by atomic mass is 10.2. The van der Waals surface area contributed by atoms with E-state index in [4.69, 9.17) is 9.69 Å². The molecule has 1 aromatic carbocycles. The second-order valence-corrected chi connectivity index (χ2v) is 13.5. The standard InChI is InChI=1S/C15H23NO3SSi/c1-15(2,3)21(4,5)19-9-10-20(17,18)14-8-6-7-13(11-14)12-16/h6-8,11H,9-10H2,1-5H3. The number of nitrogens with zero attached hydrogens (tertiary/aromatic N) is 1. The number of sulfone groups is 1. The minimum absolute atomic E-state index is 0.0531. The van der Waals surface area contributed by atoms with Crippen LogP contribution in [0, 0.1) is 11.3 Å². The van der Waals surface area contributed by atoms with Gasteiger partial charge in [0.25, 0.3) is 0 Å². The maximum absolute atomic E-state index is 12.3. The molecule has 0 heterocycles. The van der Waals surface area contributed by atoms with E-state index in [2.05, 4.69) is 33.9 Å². The predicted molar refractivity (Wildman–Crippen MR) is 86.4 cm³/mol. The summed E-state index contributed by atoms with van der Waals surface area (Å²) in [5.41, 5.74) is 0.349. The molecule has 0 aromatic heterocycles. The average molecular weight is 326 g/mol. The molecule has 0 spiro atoms. The third-order valence-corrected chi connectivity index (χ3v) is 10.2. The van der Waals surface area contributed by atoms with Crippen LogP contribution < -0.4 is 0 Å². The fourth-order valence-corrected chi connectivity index (χ4v) is 3.82. The van der Waals surface area contributed by atoms with Crippen LogP contribution in [-0.2, 0) is 14.3 Å². The quantitative estimate of drug-likeness (QED) is 0.779. The van der Waals surface area contributed by atoms with E-state index < -0.39 is 18.2 Å². The molecule has 0 aliphatic carbocycles. The summed E-state index contributed by atoms with van der Waals surface area (Å²) in [6, 6.07) is 8.04. The topological polar surface area (TPSA) is 67.2 Å². The van der Waals surface area contributed by atoms with Gasteiger partial charge in [0, 0.05) is 6.61 Å². The van der Waals surface area contributed by atoms with Crippen LogP contribution in [0.25, 0.3) is 0 Å². The van der Waals surface area contributed by atoms with Crippen LogP contribution in [0.15, 0.2) is 29.2 Å². The summed E-state index contributed by atoms with van der Waals surface area (Å²) >= 11 is 0. The van der Waals surface area contributed by atoms with Gasteiger partial charge in [0.1, 0.15) is 0 Å². The highest BCUT2D eigenvalue weighted by Crippen LogP contribution is 2.36. The fourth-order valence-electron chi connectivity index (χ4n) is 1.50. The van der Waals surface area contributed by atoms with E-state index in [1.807, 2.05) is 6.07 Å². The zero-order valence-corrected chi connectivity index (χ0v) is 15.1. The molecule has 6 heteroatoms.